The van der Waals surface area contributed by atoms with E-state index in [-0.39, 0.29) is 12.3 Å². The van der Waals surface area contributed by atoms with Crippen molar-refractivity contribution < 1.29 is 14.0 Å². The van der Waals surface area contributed by atoms with Gasteiger partial charge in [-0.3, -0.25) is 4.79 Å². The van der Waals surface area contributed by atoms with Crippen LogP contribution in [0.15, 0.2) is 28.0 Å². The lowest BCUT2D eigenvalue weighted by Gasteiger charge is -1.99. The molecule has 0 atom stereocenters. The Morgan fingerprint density at radius 1 is 1.80 bits per heavy atom. The van der Waals surface area contributed by atoms with Gasteiger partial charge in [-0.1, -0.05) is 5.16 Å². The summed E-state index contributed by atoms with van der Waals surface area (Å²) in [6.07, 6.45) is 1.50. The molecule has 0 bridgehead atoms. The maximum Gasteiger partial charge on any atom is 0.284 e. The lowest BCUT2D eigenvalue weighted by Crippen LogP contribution is -2.29. The minimum Gasteiger partial charge on any atom is -0.467 e. The van der Waals surface area contributed by atoms with Crippen LogP contribution in [0.25, 0.3) is 0 Å². The van der Waals surface area contributed by atoms with Crippen molar-refractivity contribution in [2.75, 3.05) is 7.11 Å². The Balaban J connectivity index is 2.49. The quantitative estimate of drug-likeness (QED) is 0.572. The number of nitriles is 1. The summed E-state index contributed by atoms with van der Waals surface area (Å²) in [5.41, 5.74) is -0.330. The fourth-order valence-corrected chi connectivity index (χ4v) is 0.868. The molecule has 0 unspecified atom stereocenters. The zero-order valence-corrected chi connectivity index (χ0v) is 8.06. The highest BCUT2D eigenvalue weighted by Crippen LogP contribution is 1.98. The Bertz CT molecular complexity index is 389. The summed E-state index contributed by atoms with van der Waals surface area (Å²) in [5.74, 6) is -0.00573. The molecule has 0 aliphatic heterocycles. The monoisotopic (exact) mass is 207 g/mol. The van der Waals surface area contributed by atoms with E-state index in [1.54, 1.807) is 18.2 Å². The summed E-state index contributed by atoms with van der Waals surface area (Å²) < 4.78 is 4.99. The summed E-state index contributed by atoms with van der Waals surface area (Å²) >= 11 is 0. The van der Waals surface area contributed by atoms with Crippen LogP contribution in [-0.2, 0) is 16.2 Å². The van der Waals surface area contributed by atoms with Gasteiger partial charge in [0.05, 0.1) is 12.8 Å². The lowest BCUT2D eigenvalue weighted by molar-refractivity contribution is -0.115. The second kappa shape index (κ2) is 5.44. The van der Waals surface area contributed by atoms with E-state index in [1.807, 2.05) is 0 Å². The maximum absolute atomic E-state index is 11.3. The van der Waals surface area contributed by atoms with Gasteiger partial charge in [0.25, 0.3) is 5.91 Å². The molecular formula is C9H9N3O3. The van der Waals surface area contributed by atoms with Gasteiger partial charge in [-0.25, -0.2) is 0 Å². The summed E-state index contributed by atoms with van der Waals surface area (Å²) in [6.45, 7) is 0.205. The first kappa shape index (κ1) is 10.8. The molecule has 0 radical (unpaired) electrons. The van der Waals surface area contributed by atoms with Crippen molar-refractivity contribution >= 4 is 11.6 Å². The number of nitrogens with one attached hydrogen (secondary N) is 1. The number of furan rings is 1. The van der Waals surface area contributed by atoms with Crippen LogP contribution in [0.2, 0.25) is 0 Å². The van der Waals surface area contributed by atoms with Crippen molar-refractivity contribution in [3.05, 3.63) is 24.2 Å². The highest BCUT2D eigenvalue weighted by Gasteiger charge is 2.11. The third kappa shape index (κ3) is 3.15. The topological polar surface area (TPSA) is 87.6 Å². The van der Waals surface area contributed by atoms with Gasteiger partial charge >= 0.3 is 0 Å². The Morgan fingerprint density at radius 2 is 2.60 bits per heavy atom. The zero-order chi connectivity index (χ0) is 11.1. The van der Waals surface area contributed by atoms with Crippen molar-refractivity contribution in [1.82, 2.24) is 5.32 Å². The first-order chi connectivity index (χ1) is 7.27. The molecule has 0 saturated carbocycles. The van der Waals surface area contributed by atoms with Gasteiger partial charge in [-0.05, 0) is 12.1 Å². The predicted octanol–water partition coefficient (Wildman–Crippen LogP) is 0.422. The molecule has 1 heterocycles. The molecule has 1 amide bonds. The number of hydrogen-bond donors (Lipinski definition) is 1. The van der Waals surface area contributed by atoms with Crippen LogP contribution in [0, 0.1) is 11.3 Å². The average molecular weight is 207 g/mol. The fourth-order valence-electron chi connectivity index (χ4n) is 0.868. The fraction of sp³-hybridized carbons (Fsp3) is 0.222. The molecule has 0 spiro atoms. The summed E-state index contributed by atoms with van der Waals surface area (Å²) in [5, 5.41) is 14.2. The van der Waals surface area contributed by atoms with Gasteiger partial charge in [0.15, 0.2) is 0 Å². The molecule has 1 aromatic rings. The molecule has 6 nitrogen and oxygen atoms in total. The van der Waals surface area contributed by atoms with E-state index in [1.165, 1.54) is 13.4 Å². The van der Waals surface area contributed by atoms with E-state index in [4.69, 9.17) is 9.68 Å². The van der Waals surface area contributed by atoms with Gasteiger partial charge < -0.3 is 14.6 Å². The van der Waals surface area contributed by atoms with Crippen molar-refractivity contribution in [3.8, 4) is 6.07 Å². The highest BCUT2D eigenvalue weighted by atomic mass is 16.6. The summed E-state index contributed by atoms with van der Waals surface area (Å²) in [4.78, 5) is 15.6. The molecule has 0 fully saturated rings. The van der Waals surface area contributed by atoms with Crippen LogP contribution in [0.1, 0.15) is 5.76 Å². The van der Waals surface area contributed by atoms with Crippen molar-refractivity contribution in [2.45, 2.75) is 6.54 Å². The number of oxime groups is 1. The molecule has 1 N–H and O–H groups in total. The average Bonchev–Trinajstić information content (AvgIpc) is 2.75. The summed E-state index contributed by atoms with van der Waals surface area (Å²) in [7, 11) is 1.26. The van der Waals surface area contributed by atoms with Crippen LogP contribution in [0.3, 0.4) is 0 Å². The van der Waals surface area contributed by atoms with Gasteiger partial charge in [-0.15, -0.1) is 0 Å². The van der Waals surface area contributed by atoms with E-state index in [2.05, 4.69) is 15.3 Å². The molecule has 0 aliphatic rings. The molecule has 15 heavy (non-hydrogen) atoms. The molecular weight excluding hydrogens is 198 g/mol. The lowest BCUT2D eigenvalue weighted by atomic mass is 10.3. The molecule has 0 saturated heterocycles. The molecule has 0 aliphatic carbocycles. The van der Waals surface area contributed by atoms with Crippen molar-refractivity contribution in [3.63, 3.8) is 0 Å². The number of carbonyl (C=O) groups is 1. The second-order valence-electron chi connectivity index (χ2n) is 2.50. The Kier molecular flexibility index (Phi) is 3.91. The number of carbonyl (C=O) groups excluding carboxylic acids is 1. The third-order valence-corrected chi connectivity index (χ3v) is 1.51. The molecule has 1 aromatic heterocycles. The Morgan fingerprint density at radius 3 is 3.13 bits per heavy atom. The number of amides is 1. The van der Waals surface area contributed by atoms with Gasteiger partial charge in [-0.2, -0.15) is 5.26 Å². The second-order valence-corrected chi connectivity index (χ2v) is 2.50. The maximum atomic E-state index is 11.3. The van der Waals surface area contributed by atoms with E-state index in [9.17, 15) is 4.79 Å². The van der Waals surface area contributed by atoms with Crippen LogP contribution < -0.4 is 5.32 Å². The largest absolute Gasteiger partial charge is 0.467 e. The first-order valence-corrected chi connectivity index (χ1v) is 4.09. The van der Waals surface area contributed by atoms with Crippen molar-refractivity contribution in [1.29, 1.82) is 5.26 Å². The van der Waals surface area contributed by atoms with Gasteiger partial charge in [0.2, 0.25) is 5.71 Å². The van der Waals surface area contributed by atoms with E-state index < -0.39 is 5.91 Å². The molecule has 6 heteroatoms. The minimum absolute atomic E-state index is 0.205. The predicted molar refractivity (Wildman–Crippen MR) is 50.6 cm³/mol. The minimum atomic E-state index is -0.601. The van der Waals surface area contributed by atoms with Crippen LogP contribution >= 0.6 is 0 Å². The normalized spacial score (nSPS) is 10.5. The first-order valence-electron chi connectivity index (χ1n) is 4.09. The number of nitrogens with zero attached hydrogens (tertiary/aromatic N) is 2. The SMILES string of the molecule is CON=C(C#N)C(=O)NCc1ccco1. The standard InChI is InChI=1S/C9H9N3O3/c1-14-12-8(5-10)9(13)11-6-7-3-2-4-15-7/h2-4H,6H2,1H3,(H,11,13). The molecule has 0 aromatic carbocycles. The van der Waals surface area contributed by atoms with Crippen LogP contribution in [0.4, 0.5) is 0 Å². The Labute approximate surface area is 86.1 Å². The highest BCUT2D eigenvalue weighted by molar-refractivity contribution is 6.44. The molecule has 78 valence electrons. The molecule has 1 rings (SSSR count). The van der Waals surface area contributed by atoms with E-state index in [0.29, 0.717) is 5.76 Å². The van der Waals surface area contributed by atoms with E-state index >= 15 is 0 Å². The van der Waals surface area contributed by atoms with Crippen LogP contribution in [0.5, 0.6) is 0 Å². The van der Waals surface area contributed by atoms with Gasteiger partial charge in [0.1, 0.15) is 18.9 Å². The van der Waals surface area contributed by atoms with Crippen molar-refractivity contribution in [2.24, 2.45) is 5.16 Å². The third-order valence-electron chi connectivity index (χ3n) is 1.51. The smallest absolute Gasteiger partial charge is 0.284 e. The Hall–Kier alpha value is -2.29. The van der Waals surface area contributed by atoms with E-state index in [0.717, 1.165) is 0 Å². The summed E-state index contributed by atoms with van der Waals surface area (Å²) in [6, 6.07) is 5.03. The van der Waals surface area contributed by atoms with Crippen LogP contribution in [-0.4, -0.2) is 18.7 Å². The number of hydrogen-bond acceptors (Lipinski definition) is 5. The number of rotatable bonds is 4. The van der Waals surface area contributed by atoms with Gasteiger partial charge in [0, 0.05) is 0 Å². The zero-order valence-electron chi connectivity index (χ0n) is 8.06.